The molecule has 1 heteroatoms. The molecule has 1 nitrogen and oxygen atoms in total. The molecular formula is C11H19O. The predicted octanol–water partition coefficient (Wildman–Crippen LogP) is 2.95. The summed E-state index contributed by atoms with van der Waals surface area (Å²) in [6, 6.07) is 0. The maximum absolute atomic E-state index is 10.7. The maximum Gasteiger partial charge on any atom is 0.204 e. The van der Waals surface area contributed by atoms with Crippen molar-refractivity contribution in [2.75, 3.05) is 0 Å². The van der Waals surface area contributed by atoms with E-state index in [1.54, 1.807) is 0 Å². The SMILES string of the molecule is CC1CCC(C(C)(C)[C]=O)CC1. The lowest BCUT2D eigenvalue weighted by Crippen LogP contribution is -2.29. The minimum atomic E-state index is -0.208. The van der Waals surface area contributed by atoms with Crippen molar-refractivity contribution in [3.8, 4) is 0 Å². The molecule has 0 spiro atoms. The molecule has 0 bridgehead atoms. The Bertz CT molecular complexity index is 152. The van der Waals surface area contributed by atoms with Gasteiger partial charge in [0.15, 0.2) is 0 Å². The zero-order chi connectivity index (χ0) is 9.19. The summed E-state index contributed by atoms with van der Waals surface area (Å²) in [6.07, 6.45) is 7.17. The summed E-state index contributed by atoms with van der Waals surface area (Å²) in [5.41, 5.74) is -0.208. The van der Waals surface area contributed by atoms with Crippen molar-refractivity contribution in [2.24, 2.45) is 17.3 Å². The van der Waals surface area contributed by atoms with Crippen LogP contribution in [0.1, 0.15) is 46.5 Å². The molecule has 1 fully saturated rings. The summed E-state index contributed by atoms with van der Waals surface area (Å²) >= 11 is 0. The van der Waals surface area contributed by atoms with Crippen LogP contribution in [0, 0.1) is 17.3 Å². The Labute approximate surface area is 75.5 Å². The monoisotopic (exact) mass is 167 g/mol. The fourth-order valence-corrected chi connectivity index (χ4v) is 2.07. The lowest BCUT2D eigenvalue weighted by molar-refractivity contribution is 0.191. The van der Waals surface area contributed by atoms with Gasteiger partial charge in [-0.15, -0.1) is 0 Å². The Kier molecular flexibility index (Phi) is 2.92. The molecule has 0 aromatic heterocycles. The molecule has 0 amide bonds. The van der Waals surface area contributed by atoms with Crippen molar-refractivity contribution in [2.45, 2.75) is 46.5 Å². The van der Waals surface area contributed by atoms with Crippen molar-refractivity contribution in [1.29, 1.82) is 0 Å². The second-order valence-corrected chi connectivity index (χ2v) is 4.78. The molecule has 12 heavy (non-hydrogen) atoms. The first-order valence-corrected chi connectivity index (χ1v) is 4.95. The Morgan fingerprint density at radius 1 is 1.17 bits per heavy atom. The molecule has 0 aromatic carbocycles. The van der Waals surface area contributed by atoms with Crippen LogP contribution >= 0.6 is 0 Å². The van der Waals surface area contributed by atoms with Gasteiger partial charge >= 0.3 is 0 Å². The van der Waals surface area contributed by atoms with Crippen molar-refractivity contribution in [3.05, 3.63) is 0 Å². The first kappa shape index (κ1) is 9.76. The third kappa shape index (κ3) is 2.09. The largest absolute Gasteiger partial charge is 0.290 e. The predicted molar refractivity (Wildman–Crippen MR) is 50.6 cm³/mol. The van der Waals surface area contributed by atoms with E-state index in [4.69, 9.17) is 0 Å². The fourth-order valence-electron chi connectivity index (χ4n) is 2.07. The molecule has 1 saturated carbocycles. The zero-order valence-electron chi connectivity index (χ0n) is 8.39. The normalized spacial score (nSPS) is 31.6. The Morgan fingerprint density at radius 3 is 2.08 bits per heavy atom. The van der Waals surface area contributed by atoms with Crippen molar-refractivity contribution in [1.82, 2.24) is 0 Å². The van der Waals surface area contributed by atoms with E-state index in [0.29, 0.717) is 5.92 Å². The van der Waals surface area contributed by atoms with Crippen LogP contribution in [-0.2, 0) is 4.79 Å². The quantitative estimate of drug-likeness (QED) is 0.618. The van der Waals surface area contributed by atoms with Gasteiger partial charge in [0.2, 0.25) is 6.29 Å². The van der Waals surface area contributed by atoms with Gasteiger partial charge in [0.05, 0.1) is 0 Å². The van der Waals surface area contributed by atoms with Gasteiger partial charge in [-0.05, 0) is 24.7 Å². The molecule has 0 N–H and O–H groups in total. The van der Waals surface area contributed by atoms with Gasteiger partial charge < -0.3 is 0 Å². The Hall–Kier alpha value is -0.330. The molecule has 1 aliphatic carbocycles. The lowest BCUT2D eigenvalue weighted by atomic mass is 9.70. The molecule has 0 unspecified atom stereocenters. The van der Waals surface area contributed by atoms with Gasteiger partial charge in [0.25, 0.3) is 0 Å². The molecule has 1 radical (unpaired) electrons. The maximum atomic E-state index is 10.7. The molecule has 1 rings (SSSR count). The third-order valence-electron chi connectivity index (χ3n) is 3.30. The van der Waals surface area contributed by atoms with Crippen LogP contribution in [0.2, 0.25) is 0 Å². The van der Waals surface area contributed by atoms with Gasteiger partial charge in [0, 0.05) is 5.41 Å². The van der Waals surface area contributed by atoms with Gasteiger partial charge in [0.1, 0.15) is 0 Å². The second-order valence-electron chi connectivity index (χ2n) is 4.78. The highest BCUT2D eigenvalue weighted by atomic mass is 16.1. The number of carbonyl (C=O) groups excluding carboxylic acids is 1. The van der Waals surface area contributed by atoms with Crippen molar-refractivity contribution < 1.29 is 4.79 Å². The summed E-state index contributed by atoms with van der Waals surface area (Å²) in [5, 5.41) is 0. The van der Waals surface area contributed by atoms with Crippen molar-refractivity contribution >= 4 is 6.29 Å². The fraction of sp³-hybridized carbons (Fsp3) is 0.909. The van der Waals surface area contributed by atoms with E-state index in [1.165, 1.54) is 25.7 Å². The van der Waals surface area contributed by atoms with E-state index in [9.17, 15) is 4.79 Å². The molecule has 1 aliphatic rings. The van der Waals surface area contributed by atoms with Gasteiger partial charge in [-0.25, -0.2) is 0 Å². The number of hydrogen-bond acceptors (Lipinski definition) is 1. The van der Waals surface area contributed by atoms with Gasteiger partial charge in [-0.3, -0.25) is 4.79 Å². The molecule has 0 aromatic rings. The van der Waals surface area contributed by atoms with E-state index < -0.39 is 0 Å². The first-order valence-electron chi connectivity index (χ1n) is 4.95. The van der Waals surface area contributed by atoms with Gasteiger partial charge in [-0.2, -0.15) is 0 Å². The zero-order valence-corrected chi connectivity index (χ0v) is 8.39. The second kappa shape index (κ2) is 3.59. The van der Waals surface area contributed by atoms with E-state index >= 15 is 0 Å². The number of hydrogen-bond donors (Lipinski definition) is 0. The standard InChI is InChI=1S/C11H19O/c1-9-4-6-10(7-5-9)11(2,3)8-12/h9-10H,4-7H2,1-3H3. The van der Waals surface area contributed by atoms with E-state index in [2.05, 4.69) is 13.2 Å². The Balaban J connectivity index is 2.49. The highest BCUT2D eigenvalue weighted by Crippen LogP contribution is 2.38. The van der Waals surface area contributed by atoms with Crippen LogP contribution in [0.3, 0.4) is 0 Å². The molecule has 0 saturated heterocycles. The number of rotatable bonds is 2. The van der Waals surface area contributed by atoms with Crippen LogP contribution in [-0.4, -0.2) is 6.29 Å². The summed E-state index contributed by atoms with van der Waals surface area (Å²) in [7, 11) is 0. The summed E-state index contributed by atoms with van der Waals surface area (Å²) in [6.45, 7) is 6.33. The van der Waals surface area contributed by atoms with Crippen LogP contribution in [0.5, 0.6) is 0 Å². The Morgan fingerprint density at radius 2 is 1.67 bits per heavy atom. The summed E-state index contributed by atoms with van der Waals surface area (Å²) in [4.78, 5) is 10.7. The minimum absolute atomic E-state index is 0.208. The smallest absolute Gasteiger partial charge is 0.204 e. The minimum Gasteiger partial charge on any atom is -0.290 e. The topological polar surface area (TPSA) is 17.1 Å². The highest BCUT2D eigenvalue weighted by molar-refractivity contribution is 5.59. The molecular weight excluding hydrogens is 148 g/mol. The molecule has 0 atom stereocenters. The average molecular weight is 167 g/mol. The third-order valence-corrected chi connectivity index (χ3v) is 3.30. The first-order chi connectivity index (χ1) is 5.56. The van der Waals surface area contributed by atoms with E-state index in [-0.39, 0.29) is 5.41 Å². The van der Waals surface area contributed by atoms with Gasteiger partial charge in [-0.1, -0.05) is 33.6 Å². The summed E-state index contributed by atoms with van der Waals surface area (Å²) < 4.78 is 0. The summed E-state index contributed by atoms with van der Waals surface area (Å²) in [5.74, 6) is 1.44. The highest BCUT2D eigenvalue weighted by Gasteiger charge is 2.32. The molecule has 0 aliphatic heterocycles. The van der Waals surface area contributed by atoms with Crippen molar-refractivity contribution in [3.63, 3.8) is 0 Å². The van der Waals surface area contributed by atoms with Crippen LogP contribution in [0.25, 0.3) is 0 Å². The molecule has 0 heterocycles. The van der Waals surface area contributed by atoms with Crippen LogP contribution in [0.4, 0.5) is 0 Å². The van der Waals surface area contributed by atoms with E-state index in [1.807, 2.05) is 13.8 Å². The van der Waals surface area contributed by atoms with E-state index in [0.717, 1.165) is 5.92 Å². The molecule has 69 valence electrons. The van der Waals surface area contributed by atoms with Crippen LogP contribution < -0.4 is 0 Å². The lowest BCUT2D eigenvalue weighted by Gasteiger charge is -2.34. The average Bonchev–Trinajstić information content (AvgIpc) is 2.05. The van der Waals surface area contributed by atoms with Crippen LogP contribution in [0.15, 0.2) is 0 Å².